The second-order valence-corrected chi connectivity index (χ2v) is 5.13. The van der Waals surface area contributed by atoms with Crippen LogP contribution in [0.2, 0.25) is 0 Å². The fourth-order valence-corrected chi connectivity index (χ4v) is 3.73. The molecule has 3 atom stereocenters. The van der Waals surface area contributed by atoms with Crippen molar-refractivity contribution >= 4 is 0 Å². The number of rotatable bonds is 2. The number of fused-ring (bicyclic) bond motifs is 1. The summed E-state index contributed by atoms with van der Waals surface area (Å²) in [6.45, 7) is 3.26. The molecule has 0 amide bonds. The van der Waals surface area contributed by atoms with Crippen LogP contribution in [0.5, 0.6) is 0 Å². The summed E-state index contributed by atoms with van der Waals surface area (Å²) >= 11 is 0. The van der Waals surface area contributed by atoms with E-state index in [0.717, 1.165) is 18.4 Å². The van der Waals surface area contributed by atoms with Crippen molar-refractivity contribution in [3.8, 4) is 0 Å². The Labute approximate surface area is 82.1 Å². The Kier molecular flexibility index (Phi) is 2.64. The summed E-state index contributed by atoms with van der Waals surface area (Å²) in [5.74, 6) is 2.04. The van der Waals surface area contributed by atoms with Gasteiger partial charge in [0.2, 0.25) is 0 Å². The van der Waals surface area contributed by atoms with E-state index in [1.165, 1.54) is 44.9 Å². The smallest absolute Gasteiger partial charge is 0.00178 e. The lowest BCUT2D eigenvalue weighted by molar-refractivity contribution is -0.0436. The molecule has 0 aliphatic heterocycles. The summed E-state index contributed by atoms with van der Waals surface area (Å²) in [4.78, 5) is 0. The molecule has 2 saturated carbocycles. The topological polar surface area (TPSA) is 26.0 Å². The zero-order valence-corrected chi connectivity index (χ0v) is 8.89. The van der Waals surface area contributed by atoms with Crippen LogP contribution < -0.4 is 5.73 Å². The first-order chi connectivity index (χ1) is 6.32. The quantitative estimate of drug-likeness (QED) is 0.696. The first kappa shape index (κ1) is 9.51. The third-order valence-electron chi connectivity index (χ3n) is 4.73. The van der Waals surface area contributed by atoms with Crippen LogP contribution in [0.3, 0.4) is 0 Å². The maximum absolute atomic E-state index is 5.94. The fourth-order valence-electron chi connectivity index (χ4n) is 3.73. The molecular formula is C12H23N. The van der Waals surface area contributed by atoms with E-state index in [1.807, 2.05) is 0 Å². The van der Waals surface area contributed by atoms with Crippen LogP contribution in [-0.2, 0) is 0 Å². The minimum Gasteiger partial charge on any atom is -0.330 e. The lowest BCUT2D eigenvalue weighted by Gasteiger charge is -2.55. The van der Waals surface area contributed by atoms with Gasteiger partial charge in [-0.25, -0.2) is 0 Å². The molecule has 0 aromatic rings. The van der Waals surface area contributed by atoms with Gasteiger partial charge in [0.25, 0.3) is 0 Å². The van der Waals surface area contributed by atoms with E-state index in [-0.39, 0.29) is 0 Å². The largest absolute Gasteiger partial charge is 0.330 e. The summed E-state index contributed by atoms with van der Waals surface area (Å²) in [6.07, 6.45) is 10.1. The van der Waals surface area contributed by atoms with Gasteiger partial charge < -0.3 is 5.73 Å². The first-order valence-corrected chi connectivity index (χ1v) is 6.02. The van der Waals surface area contributed by atoms with Crippen molar-refractivity contribution < 1.29 is 0 Å². The van der Waals surface area contributed by atoms with E-state index in [4.69, 9.17) is 5.73 Å². The molecule has 0 spiro atoms. The fraction of sp³-hybridized carbons (Fsp3) is 1.00. The van der Waals surface area contributed by atoms with Crippen LogP contribution in [0, 0.1) is 17.3 Å². The van der Waals surface area contributed by atoms with Gasteiger partial charge in [-0.05, 0) is 43.1 Å². The van der Waals surface area contributed by atoms with Crippen molar-refractivity contribution in [3.63, 3.8) is 0 Å². The molecule has 0 aromatic carbocycles. The molecule has 2 aliphatic carbocycles. The monoisotopic (exact) mass is 181 g/mol. The van der Waals surface area contributed by atoms with Gasteiger partial charge in [0.1, 0.15) is 0 Å². The van der Waals surface area contributed by atoms with E-state index in [2.05, 4.69) is 6.92 Å². The van der Waals surface area contributed by atoms with Gasteiger partial charge in [-0.15, -0.1) is 0 Å². The summed E-state index contributed by atoms with van der Waals surface area (Å²) in [7, 11) is 0. The van der Waals surface area contributed by atoms with Gasteiger partial charge in [-0.1, -0.05) is 32.6 Å². The third kappa shape index (κ3) is 1.41. The van der Waals surface area contributed by atoms with Crippen LogP contribution in [-0.4, -0.2) is 6.54 Å². The van der Waals surface area contributed by atoms with Gasteiger partial charge in [0.15, 0.2) is 0 Å². The Balaban J connectivity index is 2.03. The highest BCUT2D eigenvalue weighted by molar-refractivity contribution is 5.01. The van der Waals surface area contributed by atoms with Gasteiger partial charge in [-0.3, -0.25) is 0 Å². The highest BCUT2D eigenvalue weighted by Crippen LogP contribution is 2.57. The Morgan fingerprint density at radius 1 is 1.23 bits per heavy atom. The van der Waals surface area contributed by atoms with Crippen molar-refractivity contribution in [2.45, 2.75) is 51.9 Å². The molecule has 0 unspecified atom stereocenters. The van der Waals surface area contributed by atoms with E-state index in [0.29, 0.717) is 5.41 Å². The van der Waals surface area contributed by atoms with Crippen LogP contribution in [0.4, 0.5) is 0 Å². The summed E-state index contributed by atoms with van der Waals surface area (Å²) in [6, 6.07) is 0. The van der Waals surface area contributed by atoms with Crippen LogP contribution >= 0.6 is 0 Å². The molecule has 0 bridgehead atoms. The van der Waals surface area contributed by atoms with E-state index >= 15 is 0 Å². The second-order valence-electron chi connectivity index (χ2n) is 5.13. The van der Waals surface area contributed by atoms with Crippen LogP contribution in [0.15, 0.2) is 0 Å². The SMILES string of the molecule is CC[C@]1(CN)C[C@H]2CCCCC[C@H]21. The Morgan fingerprint density at radius 2 is 2.00 bits per heavy atom. The molecule has 13 heavy (non-hydrogen) atoms. The highest BCUT2D eigenvalue weighted by atomic mass is 14.7. The second kappa shape index (κ2) is 3.61. The summed E-state index contributed by atoms with van der Waals surface area (Å²) < 4.78 is 0. The van der Waals surface area contributed by atoms with Crippen molar-refractivity contribution in [3.05, 3.63) is 0 Å². The van der Waals surface area contributed by atoms with E-state index in [9.17, 15) is 0 Å². The lowest BCUT2D eigenvalue weighted by Crippen LogP contribution is -2.51. The number of nitrogens with two attached hydrogens (primary N) is 1. The average molecular weight is 181 g/mol. The molecule has 2 rings (SSSR count). The molecule has 76 valence electrons. The normalized spacial score (nSPS) is 44.8. The van der Waals surface area contributed by atoms with Crippen molar-refractivity contribution in [1.82, 2.24) is 0 Å². The van der Waals surface area contributed by atoms with Gasteiger partial charge in [0.05, 0.1) is 0 Å². The predicted octanol–water partition coefficient (Wildman–Crippen LogP) is 2.94. The molecule has 0 saturated heterocycles. The Morgan fingerprint density at radius 3 is 2.69 bits per heavy atom. The standard InChI is InChI=1S/C12H23N/c1-2-12(9-13)8-10-6-4-3-5-7-11(10)12/h10-11H,2-9,13H2,1H3/t10-,11-,12-/m1/s1. The third-order valence-corrected chi connectivity index (χ3v) is 4.73. The lowest BCUT2D eigenvalue weighted by atomic mass is 9.51. The highest BCUT2D eigenvalue weighted by Gasteiger charge is 2.50. The number of hydrogen-bond donors (Lipinski definition) is 1. The van der Waals surface area contributed by atoms with Crippen LogP contribution in [0.1, 0.15) is 51.9 Å². The molecule has 2 fully saturated rings. The molecule has 0 heterocycles. The molecule has 2 N–H and O–H groups in total. The number of hydrogen-bond acceptors (Lipinski definition) is 1. The van der Waals surface area contributed by atoms with Crippen molar-refractivity contribution in [1.29, 1.82) is 0 Å². The summed E-state index contributed by atoms with van der Waals surface area (Å²) in [5, 5.41) is 0. The molecule has 2 aliphatic rings. The van der Waals surface area contributed by atoms with E-state index in [1.54, 1.807) is 0 Å². The molecule has 0 radical (unpaired) electrons. The van der Waals surface area contributed by atoms with Gasteiger partial charge in [-0.2, -0.15) is 0 Å². The first-order valence-electron chi connectivity index (χ1n) is 6.02. The van der Waals surface area contributed by atoms with Gasteiger partial charge in [0, 0.05) is 0 Å². The van der Waals surface area contributed by atoms with Crippen molar-refractivity contribution in [2.24, 2.45) is 23.0 Å². The molecule has 0 aromatic heterocycles. The average Bonchev–Trinajstić information content (AvgIpc) is 2.32. The van der Waals surface area contributed by atoms with Crippen molar-refractivity contribution in [2.75, 3.05) is 6.54 Å². The summed E-state index contributed by atoms with van der Waals surface area (Å²) in [5.41, 5.74) is 6.50. The molecular weight excluding hydrogens is 158 g/mol. The minimum atomic E-state index is 0.564. The Hall–Kier alpha value is -0.0400. The van der Waals surface area contributed by atoms with Crippen LogP contribution in [0.25, 0.3) is 0 Å². The minimum absolute atomic E-state index is 0.564. The maximum atomic E-state index is 5.94. The zero-order chi connectivity index (χ0) is 9.31. The van der Waals surface area contributed by atoms with Gasteiger partial charge >= 0.3 is 0 Å². The zero-order valence-electron chi connectivity index (χ0n) is 8.89. The molecule has 1 heteroatoms. The van der Waals surface area contributed by atoms with E-state index < -0.39 is 0 Å². The maximum Gasteiger partial charge on any atom is -0.00178 e. The Bertz CT molecular complexity index is 172. The predicted molar refractivity (Wildman–Crippen MR) is 56.5 cm³/mol. The molecule has 1 nitrogen and oxygen atoms in total.